The molecule has 0 bridgehead atoms. The molecule has 0 amide bonds. The Labute approximate surface area is 111 Å². The van der Waals surface area contributed by atoms with Crippen molar-refractivity contribution < 1.29 is 0 Å². The van der Waals surface area contributed by atoms with E-state index in [0.717, 1.165) is 18.5 Å². The second-order valence-corrected chi connectivity index (χ2v) is 5.50. The summed E-state index contributed by atoms with van der Waals surface area (Å²) in [6.45, 7) is 0. The van der Waals surface area contributed by atoms with Gasteiger partial charge >= 0.3 is 0 Å². The predicted octanol–water partition coefficient (Wildman–Crippen LogP) is 2.14. The van der Waals surface area contributed by atoms with Crippen molar-refractivity contribution in [3.8, 4) is 11.4 Å². The van der Waals surface area contributed by atoms with Gasteiger partial charge in [-0.05, 0) is 31.2 Å². The summed E-state index contributed by atoms with van der Waals surface area (Å²) in [6.07, 6.45) is 11.0. The molecule has 2 aliphatic rings. The topological polar surface area (TPSA) is 69.6 Å². The van der Waals surface area contributed by atoms with E-state index in [-0.39, 0.29) is 0 Å². The minimum absolute atomic E-state index is 0.353. The molecular weight excluding hydrogens is 238 g/mol. The molecule has 2 aromatic rings. The number of aromatic nitrogens is 4. The summed E-state index contributed by atoms with van der Waals surface area (Å²) in [5.41, 5.74) is 10.4. The number of hydrogen-bond donors (Lipinski definition) is 1. The fraction of sp³-hybridized carbons (Fsp3) is 0.500. The van der Waals surface area contributed by atoms with Crippen molar-refractivity contribution in [3.63, 3.8) is 0 Å². The highest BCUT2D eigenvalue weighted by Crippen LogP contribution is 2.37. The summed E-state index contributed by atoms with van der Waals surface area (Å²) in [6, 6.07) is 0.533. The highest BCUT2D eigenvalue weighted by Gasteiger charge is 2.27. The first-order valence-electron chi connectivity index (χ1n) is 7.01. The van der Waals surface area contributed by atoms with Gasteiger partial charge in [0.15, 0.2) is 0 Å². The molecule has 0 radical (unpaired) electrons. The lowest BCUT2D eigenvalue weighted by molar-refractivity contribution is 0.470. The molecular formula is C14H17N5. The smallest absolute Gasteiger partial charge is 0.220 e. The van der Waals surface area contributed by atoms with E-state index in [4.69, 9.17) is 5.73 Å². The molecule has 1 fully saturated rings. The van der Waals surface area contributed by atoms with E-state index in [2.05, 4.69) is 19.7 Å². The molecule has 2 aromatic heterocycles. The fourth-order valence-electron chi connectivity index (χ4n) is 3.34. The average Bonchev–Trinajstić information content (AvgIpc) is 3.07. The lowest BCUT2D eigenvalue weighted by Crippen LogP contribution is -2.14. The highest BCUT2D eigenvalue weighted by atomic mass is 15.3. The molecule has 19 heavy (non-hydrogen) atoms. The van der Waals surface area contributed by atoms with Crippen molar-refractivity contribution >= 4 is 5.95 Å². The van der Waals surface area contributed by atoms with Gasteiger partial charge in [0.1, 0.15) is 0 Å². The summed E-state index contributed by atoms with van der Waals surface area (Å²) < 4.78 is 2.19. The van der Waals surface area contributed by atoms with Crippen molar-refractivity contribution in [2.24, 2.45) is 0 Å². The fourth-order valence-corrected chi connectivity index (χ4v) is 3.34. The molecule has 0 aliphatic heterocycles. The Kier molecular flexibility index (Phi) is 2.33. The monoisotopic (exact) mass is 255 g/mol. The zero-order valence-corrected chi connectivity index (χ0v) is 10.8. The second-order valence-electron chi connectivity index (χ2n) is 5.50. The largest absolute Gasteiger partial charge is 0.368 e. The second kappa shape index (κ2) is 4.05. The molecule has 2 N–H and O–H groups in total. The van der Waals surface area contributed by atoms with Crippen molar-refractivity contribution in [1.82, 2.24) is 19.7 Å². The van der Waals surface area contributed by atoms with Crippen LogP contribution in [0.5, 0.6) is 0 Å². The van der Waals surface area contributed by atoms with Crippen molar-refractivity contribution in [2.75, 3.05) is 5.73 Å². The van der Waals surface area contributed by atoms with Crippen LogP contribution in [0.25, 0.3) is 11.4 Å². The van der Waals surface area contributed by atoms with Crippen LogP contribution in [0.3, 0.4) is 0 Å². The Morgan fingerprint density at radius 1 is 1.11 bits per heavy atom. The maximum atomic E-state index is 5.76. The van der Waals surface area contributed by atoms with Crippen molar-refractivity contribution in [2.45, 2.75) is 44.6 Å². The number of hydrogen-bond acceptors (Lipinski definition) is 4. The molecule has 4 rings (SSSR count). The minimum atomic E-state index is 0.353. The van der Waals surface area contributed by atoms with Crippen LogP contribution in [0.4, 0.5) is 5.95 Å². The Hall–Kier alpha value is -1.91. The highest BCUT2D eigenvalue weighted by molar-refractivity contribution is 5.66. The maximum Gasteiger partial charge on any atom is 0.220 e. The summed E-state index contributed by atoms with van der Waals surface area (Å²) in [5, 5.41) is 4.62. The van der Waals surface area contributed by atoms with E-state index in [1.54, 1.807) is 0 Å². The average molecular weight is 255 g/mol. The van der Waals surface area contributed by atoms with Gasteiger partial charge in [0.25, 0.3) is 0 Å². The van der Waals surface area contributed by atoms with Crippen LogP contribution in [0, 0.1) is 0 Å². The lowest BCUT2D eigenvalue weighted by Gasteiger charge is -2.20. The molecule has 2 aliphatic carbocycles. The SMILES string of the molecule is Nc1ncc2c(n1)-c1c(cnn1C1CCCC1)CC2. The predicted molar refractivity (Wildman–Crippen MR) is 72.6 cm³/mol. The van der Waals surface area contributed by atoms with Crippen LogP contribution in [0.15, 0.2) is 12.4 Å². The Bertz CT molecular complexity index is 625. The molecule has 5 nitrogen and oxygen atoms in total. The zero-order chi connectivity index (χ0) is 12.8. The van der Waals surface area contributed by atoms with Crippen LogP contribution >= 0.6 is 0 Å². The van der Waals surface area contributed by atoms with Gasteiger partial charge in [-0.25, -0.2) is 9.97 Å². The third-order valence-electron chi connectivity index (χ3n) is 4.31. The number of nitrogens with two attached hydrogens (primary N) is 1. The van der Waals surface area contributed by atoms with Gasteiger partial charge in [0.05, 0.1) is 23.6 Å². The number of nitrogens with zero attached hydrogens (tertiary/aromatic N) is 4. The van der Waals surface area contributed by atoms with Crippen molar-refractivity contribution in [3.05, 3.63) is 23.5 Å². The first-order valence-corrected chi connectivity index (χ1v) is 7.01. The number of anilines is 1. The number of nitrogen functional groups attached to an aromatic ring is 1. The third kappa shape index (κ3) is 1.64. The van der Waals surface area contributed by atoms with Crippen LogP contribution in [0.1, 0.15) is 42.9 Å². The Morgan fingerprint density at radius 3 is 2.74 bits per heavy atom. The Balaban J connectivity index is 1.89. The lowest BCUT2D eigenvalue weighted by atomic mass is 9.95. The van der Waals surface area contributed by atoms with Gasteiger partial charge in [-0.2, -0.15) is 5.10 Å². The van der Waals surface area contributed by atoms with Gasteiger partial charge < -0.3 is 5.73 Å². The van der Waals surface area contributed by atoms with Gasteiger partial charge in [0.2, 0.25) is 5.95 Å². The minimum Gasteiger partial charge on any atom is -0.368 e. The maximum absolute atomic E-state index is 5.76. The van der Waals surface area contributed by atoms with E-state index in [9.17, 15) is 0 Å². The molecule has 0 atom stereocenters. The van der Waals surface area contributed by atoms with Crippen LogP contribution in [-0.2, 0) is 12.8 Å². The van der Waals surface area contributed by atoms with Crippen molar-refractivity contribution in [1.29, 1.82) is 0 Å². The normalized spacial score (nSPS) is 18.3. The Morgan fingerprint density at radius 2 is 1.89 bits per heavy atom. The van der Waals surface area contributed by atoms with Crippen LogP contribution < -0.4 is 5.73 Å². The molecule has 0 spiro atoms. The van der Waals surface area contributed by atoms with Gasteiger partial charge in [-0.15, -0.1) is 0 Å². The quantitative estimate of drug-likeness (QED) is 0.847. The van der Waals surface area contributed by atoms with E-state index >= 15 is 0 Å². The van der Waals surface area contributed by atoms with Crippen LogP contribution in [0.2, 0.25) is 0 Å². The zero-order valence-electron chi connectivity index (χ0n) is 10.8. The first-order chi connectivity index (χ1) is 9.33. The molecule has 5 heteroatoms. The third-order valence-corrected chi connectivity index (χ3v) is 4.31. The number of fused-ring (bicyclic) bond motifs is 3. The molecule has 2 heterocycles. The van der Waals surface area contributed by atoms with Gasteiger partial charge in [0, 0.05) is 11.8 Å². The van der Waals surface area contributed by atoms with Crippen LogP contribution in [-0.4, -0.2) is 19.7 Å². The standard InChI is InChI=1S/C14H17N5/c15-14-16-7-9-5-6-10-8-17-19(11-3-1-2-4-11)13(10)12(9)18-14/h7-8,11H,1-6H2,(H2,15,16,18). The number of rotatable bonds is 1. The summed E-state index contributed by atoms with van der Waals surface area (Å²) in [7, 11) is 0. The molecule has 0 saturated heterocycles. The summed E-state index contributed by atoms with van der Waals surface area (Å²) >= 11 is 0. The van der Waals surface area contributed by atoms with Gasteiger partial charge in [-0.3, -0.25) is 4.68 Å². The van der Waals surface area contributed by atoms with E-state index in [1.807, 2.05) is 12.4 Å². The first kappa shape index (κ1) is 11.0. The number of aryl methyl sites for hydroxylation is 2. The molecule has 1 saturated carbocycles. The van der Waals surface area contributed by atoms with Gasteiger partial charge in [-0.1, -0.05) is 12.8 Å². The molecule has 0 unspecified atom stereocenters. The molecule has 0 aromatic carbocycles. The molecule has 98 valence electrons. The van der Waals surface area contributed by atoms with E-state index in [1.165, 1.54) is 42.5 Å². The van der Waals surface area contributed by atoms with E-state index in [0.29, 0.717) is 12.0 Å². The summed E-state index contributed by atoms with van der Waals surface area (Å²) in [5.74, 6) is 0.353. The summed E-state index contributed by atoms with van der Waals surface area (Å²) in [4.78, 5) is 8.58. The van der Waals surface area contributed by atoms with E-state index < -0.39 is 0 Å².